The van der Waals surface area contributed by atoms with Gasteiger partial charge >= 0.3 is 0 Å². The molecule has 0 bridgehead atoms. The van der Waals surface area contributed by atoms with Crippen LogP contribution in [0.25, 0.3) is 0 Å². The molecule has 0 spiro atoms. The lowest BCUT2D eigenvalue weighted by atomic mass is 10.2. The lowest BCUT2D eigenvalue weighted by molar-refractivity contribution is 0.0952. The van der Waals surface area contributed by atoms with Gasteiger partial charge in [0.2, 0.25) is 0 Å². The second-order valence-corrected chi connectivity index (χ2v) is 4.36. The fraction of sp³-hybridized carbons (Fsp3) is 0.364. The molecule has 0 aromatic heterocycles. The van der Waals surface area contributed by atoms with Gasteiger partial charge in [-0.3, -0.25) is 4.79 Å². The number of hydrogen-bond acceptors (Lipinski definition) is 2. The maximum Gasteiger partial charge on any atom is 0.252 e. The van der Waals surface area contributed by atoms with Crippen molar-refractivity contribution in [1.29, 1.82) is 0 Å². The third-order valence-electron chi connectivity index (χ3n) is 2.00. The fourth-order valence-corrected chi connectivity index (χ4v) is 1.62. The number of hydrogen-bond donors (Lipinski definition) is 2. The van der Waals surface area contributed by atoms with Gasteiger partial charge in [-0.15, -0.1) is 0 Å². The van der Waals surface area contributed by atoms with E-state index in [9.17, 15) is 4.79 Å². The maximum atomic E-state index is 11.7. The van der Waals surface area contributed by atoms with Crippen molar-refractivity contribution in [3.05, 3.63) is 34.3 Å². The van der Waals surface area contributed by atoms with Crippen LogP contribution in [0.3, 0.4) is 0 Å². The zero-order chi connectivity index (χ0) is 11.3. The van der Waals surface area contributed by atoms with Crippen LogP contribution in [0.15, 0.2) is 28.7 Å². The summed E-state index contributed by atoms with van der Waals surface area (Å²) in [7, 11) is 0. The van der Waals surface area contributed by atoms with Crippen LogP contribution in [-0.4, -0.2) is 18.5 Å². The highest BCUT2D eigenvalue weighted by Gasteiger charge is 2.07. The topological polar surface area (TPSA) is 55.1 Å². The molecule has 0 heterocycles. The van der Waals surface area contributed by atoms with Crippen molar-refractivity contribution in [2.24, 2.45) is 5.73 Å². The average molecular weight is 271 g/mol. The molecular weight excluding hydrogens is 256 g/mol. The van der Waals surface area contributed by atoms with Crippen molar-refractivity contribution in [2.75, 3.05) is 6.54 Å². The van der Waals surface area contributed by atoms with Gasteiger partial charge in [0.05, 0.1) is 5.56 Å². The zero-order valence-electron chi connectivity index (χ0n) is 8.66. The van der Waals surface area contributed by atoms with Crippen LogP contribution >= 0.6 is 15.9 Å². The summed E-state index contributed by atoms with van der Waals surface area (Å²) in [6, 6.07) is 7.46. The molecule has 0 aliphatic rings. The molecule has 3 nitrogen and oxygen atoms in total. The van der Waals surface area contributed by atoms with E-state index in [1.165, 1.54) is 0 Å². The van der Waals surface area contributed by atoms with Gasteiger partial charge in [0, 0.05) is 17.1 Å². The van der Waals surface area contributed by atoms with Gasteiger partial charge in [-0.25, -0.2) is 0 Å². The summed E-state index contributed by atoms with van der Waals surface area (Å²) in [6.07, 6.45) is 0.788. The van der Waals surface area contributed by atoms with Crippen molar-refractivity contribution in [3.63, 3.8) is 0 Å². The van der Waals surface area contributed by atoms with E-state index in [1.807, 2.05) is 25.1 Å². The van der Waals surface area contributed by atoms with E-state index in [-0.39, 0.29) is 11.9 Å². The Kier molecular flexibility index (Phi) is 4.78. The lowest BCUT2D eigenvalue weighted by Gasteiger charge is -2.08. The Morgan fingerprint density at radius 3 is 2.80 bits per heavy atom. The largest absolute Gasteiger partial charge is 0.352 e. The summed E-state index contributed by atoms with van der Waals surface area (Å²) >= 11 is 3.33. The van der Waals surface area contributed by atoms with Gasteiger partial charge in [-0.2, -0.15) is 0 Å². The molecule has 1 unspecified atom stereocenters. The minimum atomic E-state index is -0.0666. The fourth-order valence-electron chi connectivity index (χ4n) is 1.15. The van der Waals surface area contributed by atoms with Crippen molar-refractivity contribution in [2.45, 2.75) is 19.4 Å². The van der Waals surface area contributed by atoms with Crippen LogP contribution in [0.5, 0.6) is 0 Å². The van der Waals surface area contributed by atoms with E-state index in [1.54, 1.807) is 6.07 Å². The molecule has 82 valence electrons. The van der Waals surface area contributed by atoms with Gasteiger partial charge in [0.25, 0.3) is 5.91 Å². The second kappa shape index (κ2) is 5.88. The highest BCUT2D eigenvalue weighted by atomic mass is 79.9. The monoisotopic (exact) mass is 270 g/mol. The van der Waals surface area contributed by atoms with E-state index < -0.39 is 0 Å². The predicted octanol–water partition coefficient (Wildman–Crippen LogP) is 1.92. The number of benzene rings is 1. The third-order valence-corrected chi connectivity index (χ3v) is 2.70. The number of nitrogens with two attached hydrogens (primary N) is 1. The van der Waals surface area contributed by atoms with Crippen LogP contribution in [0.4, 0.5) is 0 Å². The molecule has 1 aromatic rings. The molecule has 15 heavy (non-hydrogen) atoms. The first-order chi connectivity index (χ1) is 7.11. The van der Waals surface area contributed by atoms with Crippen molar-refractivity contribution in [3.8, 4) is 0 Å². The summed E-state index contributed by atoms with van der Waals surface area (Å²) in [4.78, 5) is 11.7. The molecule has 0 saturated carbocycles. The van der Waals surface area contributed by atoms with Crippen molar-refractivity contribution < 1.29 is 4.79 Å². The number of carbonyl (C=O) groups excluding carboxylic acids is 1. The van der Waals surface area contributed by atoms with Crippen LogP contribution in [0.2, 0.25) is 0 Å². The number of amides is 1. The van der Waals surface area contributed by atoms with Crippen molar-refractivity contribution >= 4 is 21.8 Å². The number of carbonyl (C=O) groups is 1. The second-order valence-electron chi connectivity index (χ2n) is 3.50. The Hall–Kier alpha value is -0.870. The Bertz CT molecular complexity index is 339. The van der Waals surface area contributed by atoms with E-state index in [0.29, 0.717) is 12.1 Å². The van der Waals surface area contributed by atoms with E-state index in [2.05, 4.69) is 21.2 Å². The van der Waals surface area contributed by atoms with Gasteiger partial charge in [-0.05, 0) is 41.4 Å². The number of nitrogens with one attached hydrogen (secondary N) is 1. The van der Waals surface area contributed by atoms with Gasteiger partial charge in [-0.1, -0.05) is 12.1 Å². The summed E-state index contributed by atoms with van der Waals surface area (Å²) in [6.45, 7) is 2.53. The lowest BCUT2D eigenvalue weighted by Crippen LogP contribution is -2.29. The Balaban J connectivity index is 2.51. The molecule has 0 aliphatic heterocycles. The first-order valence-electron chi connectivity index (χ1n) is 4.89. The summed E-state index contributed by atoms with van der Waals surface area (Å²) in [5.74, 6) is -0.0666. The molecule has 0 fully saturated rings. The Morgan fingerprint density at radius 1 is 1.53 bits per heavy atom. The van der Waals surface area contributed by atoms with Crippen LogP contribution in [-0.2, 0) is 0 Å². The van der Waals surface area contributed by atoms with Crippen molar-refractivity contribution in [1.82, 2.24) is 5.32 Å². The van der Waals surface area contributed by atoms with E-state index in [4.69, 9.17) is 5.73 Å². The van der Waals surface area contributed by atoms with Gasteiger partial charge in [0.15, 0.2) is 0 Å². The maximum absolute atomic E-state index is 11.7. The SMILES string of the molecule is CC(N)CCNC(=O)c1ccccc1Br. The molecular formula is C11H15BrN2O. The Labute approximate surface area is 98.2 Å². The normalized spacial score (nSPS) is 12.2. The predicted molar refractivity (Wildman–Crippen MR) is 64.7 cm³/mol. The van der Waals surface area contributed by atoms with Gasteiger partial charge < -0.3 is 11.1 Å². The zero-order valence-corrected chi connectivity index (χ0v) is 10.3. The Morgan fingerprint density at radius 2 is 2.20 bits per heavy atom. The molecule has 1 rings (SSSR count). The molecule has 3 N–H and O–H groups in total. The quantitative estimate of drug-likeness (QED) is 0.879. The first kappa shape index (κ1) is 12.2. The highest BCUT2D eigenvalue weighted by Crippen LogP contribution is 2.15. The summed E-state index contributed by atoms with van der Waals surface area (Å²) in [5, 5.41) is 2.82. The molecule has 0 radical (unpaired) electrons. The molecule has 1 atom stereocenters. The van der Waals surface area contributed by atoms with E-state index >= 15 is 0 Å². The highest BCUT2D eigenvalue weighted by molar-refractivity contribution is 9.10. The number of rotatable bonds is 4. The first-order valence-corrected chi connectivity index (χ1v) is 5.69. The molecule has 0 aliphatic carbocycles. The average Bonchev–Trinajstić information content (AvgIpc) is 2.17. The third kappa shape index (κ3) is 4.01. The minimum absolute atomic E-state index is 0.0666. The minimum Gasteiger partial charge on any atom is -0.352 e. The van der Waals surface area contributed by atoms with Crippen LogP contribution < -0.4 is 11.1 Å². The summed E-state index contributed by atoms with van der Waals surface area (Å²) in [5.41, 5.74) is 6.24. The molecule has 4 heteroatoms. The van der Waals surface area contributed by atoms with Gasteiger partial charge in [0.1, 0.15) is 0 Å². The van der Waals surface area contributed by atoms with Crippen LogP contribution in [0.1, 0.15) is 23.7 Å². The molecule has 1 aromatic carbocycles. The standard InChI is InChI=1S/C11H15BrN2O/c1-8(13)6-7-14-11(15)9-4-2-3-5-10(9)12/h2-5,8H,6-7,13H2,1H3,(H,14,15). The molecule has 0 saturated heterocycles. The summed E-state index contributed by atoms with van der Waals surface area (Å²) < 4.78 is 0.809. The van der Waals surface area contributed by atoms with Crippen LogP contribution in [0, 0.1) is 0 Å². The smallest absolute Gasteiger partial charge is 0.252 e. The number of halogens is 1. The molecule has 1 amide bonds. The van der Waals surface area contributed by atoms with E-state index in [0.717, 1.165) is 10.9 Å².